The van der Waals surface area contributed by atoms with Gasteiger partial charge >= 0.3 is 5.97 Å². The highest BCUT2D eigenvalue weighted by Crippen LogP contribution is 2.31. The SMILES string of the molecule is O=C(O)C1CNC(c2ccc(-n3ccnc3)c(Cl)c2)C1. The Morgan fingerprint density at radius 2 is 2.35 bits per heavy atom. The molecule has 0 bridgehead atoms. The molecule has 0 aliphatic carbocycles. The molecule has 1 aromatic heterocycles. The van der Waals surface area contributed by atoms with E-state index in [1.807, 2.05) is 29.0 Å². The van der Waals surface area contributed by atoms with Gasteiger partial charge in [-0.25, -0.2) is 4.98 Å². The van der Waals surface area contributed by atoms with E-state index in [1.165, 1.54) is 0 Å². The van der Waals surface area contributed by atoms with Gasteiger partial charge in [0.2, 0.25) is 0 Å². The second-order valence-electron chi connectivity index (χ2n) is 4.91. The lowest BCUT2D eigenvalue weighted by atomic mass is 10.00. The second-order valence-corrected chi connectivity index (χ2v) is 5.32. The van der Waals surface area contributed by atoms with Crippen molar-refractivity contribution in [2.75, 3.05) is 6.54 Å². The molecule has 1 aliphatic heterocycles. The van der Waals surface area contributed by atoms with Crippen molar-refractivity contribution in [2.45, 2.75) is 12.5 Å². The van der Waals surface area contributed by atoms with Gasteiger partial charge in [-0.1, -0.05) is 17.7 Å². The topological polar surface area (TPSA) is 67.2 Å². The highest BCUT2D eigenvalue weighted by molar-refractivity contribution is 6.32. The number of hydrogen-bond acceptors (Lipinski definition) is 3. The zero-order valence-electron chi connectivity index (χ0n) is 10.7. The largest absolute Gasteiger partial charge is 0.481 e. The van der Waals surface area contributed by atoms with Crippen LogP contribution in [0.1, 0.15) is 18.0 Å². The molecule has 0 spiro atoms. The molecule has 0 saturated carbocycles. The summed E-state index contributed by atoms with van der Waals surface area (Å²) in [6.45, 7) is 0.501. The van der Waals surface area contributed by atoms with Gasteiger partial charge in [-0.15, -0.1) is 0 Å². The van der Waals surface area contributed by atoms with Crippen molar-refractivity contribution in [3.63, 3.8) is 0 Å². The monoisotopic (exact) mass is 291 g/mol. The van der Waals surface area contributed by atoms with E-state index in [4.69, 9.17) is 16.7 Å². The minimum absolute atomic E-state index is 0.0467. The molecule has 104 valence electrons. The molecule has 2 aromatic rings. The fourth-order valence-electron chi connectivity index (χ4n) is 2.53. The number of nitrogens with zero attached hydrogens (tertiary/aromatic N) is 2. The smallest absolute Gasteiger partial charge is 0.307 e. The maximum absolute atomic E-state index is 11.0. The summed E-state index contributed by atoms with van der Waals surface area (Å²) >= 11 is 6.31. The summed E-state index contributed by atoms with van der Waals surface area (Å²) in [7, 11) is 0. The van der Waals surface area contributed by atoms with Crippen LogP contribution in [0.3, 0.4) is 0 Å². The number of halogens is 1. The number of aliphatic carboxylic acids is 1. The molecule has 20 heavy (non-hydrogen) atoms. The summed E-state index contributed by atoms with van der Waals surface area (Å²) in [6.07, 6.45) is 5.81. The fourth-order valence-corrected chi connectivity index (χ4v) is 2.82. The second kappa shape index (κ2) is 5.26. The van der Waals surface area contributed by atoms with Crippen LogP contribution in [0.25, 0.3) is 5.69 Å². The van der Waals surface area contributed by atoms with Crippen molar-refractivity contribution in [1.29, 1.82) is 0 Å². The normalized spacial score (nSPS) is 22.1. The lowest BCUT2D eigenvalue weighted by Crippen LogP contribution is -2.17. The molecular weight excluding hydrogens is 278 g/mol. The molecule has 1 saturated heterocycles. The van der Waals surface area contributed by atoms with E-state index in [-0.39, 0.29) is 12.0 Å². The first-order valence-electron chi connectivity index (χ1n) is 6.39. The highest BCUT2D eigenvalue weighted by atomic mass is 35.5. The maximum Gasteiger partial charge on any atom is 0.307 e. The van der Waals surface area contributed by atoms with Crippen LogP contribution in [0.5, 0.6) is 0 Å². The van der Waals surface area contributed by atoms with E-state index in [0.717, 1.165) is 11.3 Å². The van der Waals surface area contributed by atoms with Gasteiger partial charge in [0.1, 0.15) is 0 Å². The summed E-state index contributed by atoms with van der Waals surface area (Å²) in [4.78, 5) is 15.0. The molecule has 1 aliphatic rings. The molecule has 1 aromatic carbocycles. The summed E-state index contributed by atoms with van der Waals surface area (Å²) in [5.74, 6) is -1.08. The Morgan fingerprint density at radius 3 is 2.95 bits per heavy atom. The molecule has 0 amide bonds. The molecule has 6 heteroatoms. The molecule has 2 N–H and O–H groups in total. The van der Waals surface area contributed by atoms with Crippen LogP contribution in [0.15, 0.2) is 36.9 Å². The Bertz CT molecular complexity index is 627. The number of imidazole rings is 1. The van der Waals surface area contributed by atoms with Crippen LogP contribution in [-0.4, -0.2) is 27.2 Å². The summed E-state index contributed by atoms with van der Waals surface area (Å²) in [5.41, 5.74) is 1.88. The number of carboxylic acid groups (broad SMARTS) is 1. The molecule has 3 rings (SSSR count). The van der Waals surface area contributed by atoms with Gasteiger partial charge in [0, 0.05) is 25.0 Å². The standard InChI is InChI=1S/C14H14ClN3O2/c15-11-5-9(12-6-10(7-17-12)14(19)20)1-2-13(11)18-4-3-16-8-18/h1-5,8,10,12,17H,6-7H2,(H,19,20). The fraction of sp³-hybridized carbons (Fsp3) is 0.286. The van der Waals surface area contributed by atoms with Crippen LogP contribution in [-0.2, 0) is 4.79 Å². The minimum Gasteiger partial charge on any atom is -0.481 e. The van der Waals surface area contributed by atoms with Gasteiger partial charge in [-0.2, -0.15) is 0 Å². The lowest BCUT2D eigenvalue weighted by molar-refractivity contribution is -0.141. The highest BCUT2D eigenvalue weighted by Gasteiger charge is 2.30. The van der Waals surface area contributed by atoms with E-state index >= 15 is 0 Å². The van der Waals surface area contributed by atoms with Gasteiger partial charge in [-0.05, 0) is 24.1 Å². The van der Waals surface area contributed by atoms with E-state index in [9.17, 15) is 4.79 Å². The molecule has 2 heterocycles. The van der Waals surface area contributed by atoms with Crippen molar-refractivity contribution >= 4 is 17.6 Å². The zero-order valence-corrected chi connectivity index (χ0v) is 11.4. The Balaban J connectivity index is 1.83. The van der Waals surface area contributed by atoms with Crippen molar-refractivity contribution in [2.24, 2.45) is 5.92 Å². The van der Waals surface area contributed by atoms with E-state index in [1.54, 1.807) is 12.5 Å². The first-order valence-corrected chi connectivity index (χ1v) is 6.77. The Hall–Kier alpha value is -1.85. The van der Waals surface area contributed by atoms with Crippen LogP contribution in [0, 0.1) is 5.92 Å². The Labute approximate surface area is 121 Å². The van der Waals surface area contributed by atoms with Crippen molar-refractivity contribution in [3.8, 4) is 5.69 Å². The zero-order chi connectivity index (χ0) is 14.1. The Kier molecular flexibility index (Phi) is 3.46. The lowest BCUT2D eigenvalue weighted by Gasteiger charge is -2.13. The molecular formula is C14H14ClN3O2. The first kappa shape index (κ1) is 13.1. The van der Waals surface area contributed by atoms with Gasteiger partial charge in [0.05, 0.1) is 23.0 Å². The minimum atomic E-state index is -0.749. The van der Waals surface area contributed by atoms with E-state index < -0.39 is 5.97 Å². The third-order valence-corrected chi connectivity index (χ3v) is 3.94. The number of benzene rings is 1. The van der Waals surface area contributed by atoms with Crippen LogP contribution < -0.4 is 5.32 Å². The number of carbonyl (C=O) groups is 1. The van der Waals surface area contributed by atoms with Crippen LogP contribution in [0.2, 0.25) is 5.02 Å². The molecule has 0 radical (unpaired) electrons. The number of hydrogen-bond donors (Lipinski definition) is 2. The van der Waals surface area contributed by atoms with Gasteiger partial charge in [0.15, 0.2) is 0 Å². The number of nitrogens with one attached hydrogen (secondary N) is 1. The first-order chi connectivity index (χ1) is 9.65. The molecule has 5 nitrogen and oxygen atoms in total. The average Bonchev–Trinajstić information content (AvgIpc) is 3.10. The van der Waals surface area contributed by atoms with Crippen molar-refractivity contribution in [1.82, 2.24) is 14.9 Å². The van der Waals surface area contributed by atoms with Crippen LogP contribution in [0.4, 0.5) is 0 Å². The third kappa shape index (κ3) is 2.42. The molecule has 1 fully saturated rings. The number of aromatic nitrogens is 2. The predicted octanol–water partition coefficient (Wildman–Crippen LogP) is 2.26. The van der Waals surface area contributed by atoms with Crippen molar-refractivity contribution < 1.29 is 9.90 Å². The van der Waals surface area contributed by atoms with Crippen LogP contribution >= 0.6 is 11.6 Å². The summed E-state index contributed by atoms with van der Waals surface area (Å²) < 4.78 is 1.84. The molecule has 2 unspecified atom stereocenters. The summed E-state index contributed by atoms with van der Waals surface area (Å²) in [5, 5.41) is 12.9. The Morgan fingerprint density at radius 1 is 1.50 bits per heavy atom. The van der Waals surface area contributed by atoms with Gasteiger partial charge in [-0.3, -0.25) is 4.79 Å². The number of rotatable bonds is 3. The van der Waals surface area contributed by atoms with E-state index in [0.29, 0.717) is 18.0 Å². The quantitative estimate of drug-likeness (QED) is 0.910. The average molecular weight is 292 g/mol. The predicted molar refractivity (Wildman–Crippen MR) is 75.1 cm³/mol. The molecule has 2 atom stereocenters. The summed E-state index contributed by atoms with van der Waals surface area (Å²) in [6, 6.07) is 5.84. The third-order valence-electron chi connectivity index (χ3n) is 3.64. The van der Waals surface area contributed by atoms with E-state index in [2.05, 4.69) is 10.3 Å². The van der Waals surface area contributed by atoms with Crippen molar-refractivity contribution in [3.05, 3.63) is 47.5 Å². The van der Waals surface area contributed by atoms with Gasteiger partial charge in [0.25, 0.3) is 0 Å². The maximum atomic E-state index is 11.0. The van der Waals surface area contributed by atoms with Gasteiger partial charge < -0.3 is 15.0 Å². The number of carboxylic acids is 1.